The van der Waals surface area contributed by atoms with Crippen LogP contribution in [-0.4, -0.2) is 69.1 Å². The Balaban J connectivity index is 1.38. The molecule has 2 aliphatic rings. The van der Waals surface area contributed by atoms with Crippen molar-refractivity contribution in [1.82, 2.24) is 4.90 Å². The maximum Gasteiger partial charge on any atom is 0.279 e. The number of carbonyl (C=O) groups excluding carboxylic acids is 2. The third kappa shape index (κ3) is 5.24. The monoisotopic (exact) mass is 350 g/mol. The van der Waals surface area contributed by atoms with E-state index in [0.29, 0.717) is 18.8 Å². The molecule has 1 aromatic carbocycles. The van der Waals surface area contributed by atoms with Crippen LogP contribution in [0.15, 0.2) is 24.3 Å². The molecule has 3 N–H and O–H groups in total. The van der Waals surface area contributed by atoms with Gasteiger partial charge in [-0.1, -0.05) is 6.07 Å². The van der Waals surface area contributed by atoms with E-state index in [9.17, 15) is 14.0 Å². The summed E-state index contributed by atoms with van der Waals surface area (Å²) in [6.45, 7) is 6.32. The Labute approximate surface area is 147 Å². The number of nitrogens with one attached hydrogen (secondary N) is 3. The summed E-state index contributed by atoms with van der Waals surface area (Å²) in [6.07, 6.45) is 2.25. The summed E-state index contributed by atoms with van der Waals surface area (Å²) < 4.78 is 13.1. The minimum Gasteiger partial charge on any atom is -0.338 e. The summed E-state index contributed by atoms with van der Waals surface area (Å²) in [5.41, 5.74) is 0.491. The van der Waals surface area contributed by atoms with Gasteiger partial charge in [-0.15, -0.1) is 0 Å². The molecule has 0 aliphatic carbocycles. The smallest absolute Gasteiger partial charge is 0.279 e. The Kier molecular flexibility index (Phi) is 5.99. The van der Waals surface area contributed by atoms with E-state index in [1.54, 1.807) is 12.1 Å². The molecule has 0 unspecified atom stereocenters. The molecule has 0 atom stereocenters. The Hall–Kier alpha value is -1.99. The van der Waals surface area contributed by atoms with E-state index < -0.39 is 0 Å². The molecular weight excluding hydrogens is 323 g/mol. The second-order valence-electron chi connectivity index (χ2n) is 7.00. The van der Waals surface area contributed by atoms with Crippen molar-refractivity contribution in [3.05, 3.63) is 30.1 Å². The Morgan fingerprint density at radius 1 is 1.04 bits per heavy atom. The molecule has 2 heterocycles. The minimum atomic E-state index is -0.356. The van der Waals surface area contributed by atoms with Gasteiger partial charge in [-0.3, -0.25) is 9.59 Å². The first kappa shape index (κ1) is 17.8. The van der Waals surface area contributed by atoms with Crippen molar-refractivity contribution in [3.8, 4) is 0 Å². The molecule has 6 nitrogen and oxygen atoms in total. The molecule has 136 valence electrons. The van der Waals surface area contributed by atoms with Gasteiger partial charge in [0.1, 0.15) is 32.0 Å². The molecular formula is C18H27FN4O2+2. The number of piperazine rings is 1. The van der Waals surface area contributed by atoms with Crippen LogP contribution in [0.25, 0.3) is 0 Å². The summed E-state index contributed by atoms with van der Waals surface area (Å²) in [5, 5.41) is 2.74. The first-order chi connectivity index (χ1) is 12.1. The molecule has 0 bridgehead atoms. The lowest BCUT2D eigenvalue weighted by atomic mass is 10.3. The third-order valence-corrected chi connectivity index (χ3v) is 5.04. The predicted octanol–water partition coefficient (Wildman–Crippen LogP) is -1.83. The number of likely N-dealkylation sites (tertiary alicyclic amines) is 1. The second kappa shape index (κ2) is 8.40. The fraction of sp³-hybridized carbons (Fsp3) is 0.556. The molecule has 3 rings (SSSR count). The van der Waals surface area contributed by atoms with Crippen molar-refractivity contribution in [3.63, 3.8) is 0 Å². The summed E-state index contributed by atoms with van der Waals surface area (Å²) in [7, 11) is 0. The zero-order chi connectivity index (χ0) is 17.6. The lowest BCUT2D eigenvalue weighted by molar-refractivity contribution is -1.00. The van der Waals surface area contributed by atoms with Crippen LogP contribution in [-0.2, 0) is 9.59 Å². The Morgan fingerprint density at radius 3 is 2.32 bits per heavy atom. The number of hydrogen-bond acceptors (Lipinski definition) is 2. The number of amides is 2. The number of quaternary nitrogens is 2. The topological polar surface area (TPSA) is 58.3 Å². The van der Waals surface area contributed by atoms with E-state index in [-0.39, 0.29) is 17.6 Å². The average molecular weight is 350 g/mol. The van der Waals surface area contributed by atoms with Crippen LogP contribution in [0.2, 0.25) is 0 Å². The maximum atomic E-state index is 13.1. The predicted molar refractivity (Wildman–Crippen MR) is 92.0 cm³/mol. The number of rotatable bonds is 5. The molecule has 2 amide bonds. The SMILES string of the molecule is O=C(C[NH+]1CC[NH+](CC(=O)N2CCCC2)CC1)Nc1cccc(F)c1. The Bertz CT molecular complexity index is 611. The maximum absolute atomic E-state index is 13.1. The summed E-state index contributed by atoms with van der Waals surface area (Å²) in [5.74, 6) is -0.193. The van der Waals surface area contributed by atoms with Gasteiger partial charge < -0.3 is 20.0 Å². The molecule has 0 saturated carbocycles. The van der Waals surface area contributed by atoms with Crippen LogP contribution in [0.1, 0.15) is 12.8 Å². The van der Waals surface area contributed by atoms with Gasteiger partial charge in [0.25, 0.3) is 11.8 Å². The van der Waals surface area contributed by atoms with Crippen molar-refractivity contribution in [1.29, 1.82) is 0 Å². The highest BCUT2D eigenvalue weighted by Crippen LogP contribution is 2.08. The summed E-state index contributed by atoms with van der Waals surface area (Å²) in [6, 6.07) is 5.94. The minimum absolute atomic E-state index is 0.0998. The summed E-state index contributed by atoms with van der Waals surface area (Å²) >= 11 is 0. The van der Waals surface area contributed by atoms with E-state index >= 15 is 0 Å². The number of benzene rings is 1. The lowest BCUT2D eigenvalue weighted by Gasteiger charge is -2.29. The number of hydrogen-bond donors (Lipinski definition) is 3. The highest BCUT2D eigenvalue weighted by Gasteiger charge is 2.28. The standard InChI is InChI=1S/C18H25FN4O2/c19-15-4-3-5-16(12-15)20-17(24)13-21-8-10-22(11-9-21)14-18(25)23-6-1-2-7-23/h3-5,12H,1-2,6-11,13-14H2,(H,20,24)/p+2. The highest BCUT2D eigenvalue weighted by molar-refractivity contribution is 5.91. The molecule has 0 radical (unpaired) electrons. The second-order valence-corrected chi connectivity index (χ2v) is 7.00. The molecule has 0 aromatic heterocycles. The van der Waals surface area contributed by atoms with Crippen molar-refractivity contribution < 1.29 is 23.8 Å². The first-order valence-electron chi connectivity index (χ1n) is 9.10. The van der Waals surface area contributed by atoms with Gasteiger partial charge in [0.05, 0.1) is 0 Å². The van der Waals surface area contributed by atoms with Crippen molar-refractivity contribution in [2.45, 2.75) is 12.8 Å². The van der Waals surface area contributed by atoms with Gasteiger partial charge in [-0.05, 0) is 31.0 Å². The zero-order valence-corrected chi connectivity index (χ0v) is 14.5. The van der Waals surface area contributed by atoms with Crippen LogP contribution in [0.4, 0.5) is 10.1 Å². The van der Waals surface area contributed by atoms with Gasteiger partial charge in [0.2, 0.25) is 0 Å². The van der Waals surface area contributed by atoms with E-state index in [2.05, 4.69) is 5.32 Å². The quantitative estimate of drug-likeness (QED) is 0.585. The Morgan fingerprint density at radius 2 is 1.68 bits per heavy atom. The van der Waals surface area contributed by atoms with Crippen LogP contribution < -0.4 is 15.1 Å². The summed E-state index contributed by atoms with van der Waals surface area (Å²) in [4.78, 5) is 28.8. The van der Waals surface area contributed by atoms with E-state index in [1.807, 2.05) is 4.90 Å². The van der Waals surface area contributed by atoms with E-state index in [0.717, 1.165) is 52.1 Å². The molecule has 2 fully saturated rings. The van der Waals surface area contributed by atoms with E-state index in [4.69, 9.17) is 0 Å². The van der Waals surface area contributed by atoms with Crippen molar-refractivity contribution in [2.75, 3.05) is 57.7 Å². The molecule has 2 saturated heterocycles. The molecule has 7 heteroatoms. The van der Waals surface area contributed by atoms with Gasteiger partial charge in [-0.25, -0.2) is 4.39 Å². The number of halogens is 1. The zero-order valence-electron chi connectivity index (χ0n) is 14.5. The van der Waals surface area contributed by atoms with Crippen LogP contribution in [0.3, 0.4) is 0 Å². The van der Waals surface area contributed by atoms with Gasteiger partial charge in [-0.2, -0.15) is 0 Å². The van der Waals surface area contributed by atoms with Gasteiger partial charge in [0, 0.05) is 18.8 Å². The van der Waals surface area contributed by atoms with Crippen LogP contribution in [0, 0.1) is 5.82 Å². The van der Waals surface area contributed by atoms with E-state index in [1.165, 1.54) is 21.9 Å². The number of nitrogens with zero attached hydrogens (tertiary/aromatic N) is 1. The lowest BCUT2D eigenvalue weighted by Crippen LogP contribution is -3.28. The third-order valence-electron chi connectivity index (χ3n) is 5.04. The van der Waals surface area contributed by atoms with Crippen LogP contribution in [0.5, 0.6) is 0 Å². The fourth-order valence-electron chi connectivity index (χ4n) is 3.60. The van der Waals surface area contributed by atoms with Crippen molar-refractivity contribution >= 4 is 17.5 Å². The average Bonchev–Trinajstić information content (AvgIpc) is 3.11. The fourth-order valence-corrected chi connectivity index (χ4v) is 3.60. The normalized spacial score (nSPS) is 23.5. The molecule has 25 heavy (non-hydrogen) atoms. The largest absolute Gasteiger partial charge is 0.338 e. The molecule has 2 aliphatic heterocycles. The van der Waals surface area contributed by atoms with Crippen molar-refractivity contribution in [2.24, 2.45) is 0 Å². The van der Waals surface area contributed by atoms with Crippen LogP contribution >= 0.6 is 0 Å². The first-order valence-corrected chi connectivity index (χ1v) is 9.10. The van der Waals surface area contributed by atoms with Gasteiger partial charge >= 0.3 is 0 Å². The highest BCUT2D eigenvalue weighted by atomic mass is 19.1. The molecule has 0 spiro atoms. The van der Waals surface area contributed by atoms with Gasteiger partial charge in [0.15, 0.2) is 13.1 Å². The number of anilines is 1. The number of carbonyl (C=O) groups is 2. The molecule has 1 aromatic rings.